The highest BCUT2D eigenvalue weighted by Gasteiger charge is 2.19. The van der Waals surface area contributed by atoms with Crippen molar-refractivity contribution in [1.29, 1.82) is 0 Å². The van der Waals surface area contributed by atoms with Crippen LogP contribution in [0, 0.1) is 0 Å². The van der Waals surface area contributed by atoms with E-state index in [2.05, 4.69) is 39.6 Å². The number of carbonyl (C=O) groups excluding carboxylic acids is 2. The van der Waals surface area contributed by atoms with Crippen LogP contribution in [-0.4, -0.2) is 37.1 Å². The number of aromatic nitrogens is 1. The number of benzene rings is 2. The van der Waals surface area contributed by atoms with Crippen LogP contribution in [0.2, 0.25) is 0 Å². The highest BCUT2D eigenvalue weighted by atomic mass is 32.1. The molecule has 8 heteroatoms. The molecular weight excluding hydrogens is 438 g/mol. The SMILES string of the molecule is COc1cc(NC(=O)c2cccs2)c(C(=O)NCCCn2ccc3ccccc32)cc1OC. The monoisotopic (exact) mass is 463 g/mol. The molecule has 0 saturated carbocycles. The fourth-order valence-corrected chi connectivity index (χ4v) is 4.26. The summed E-state index contributed by atoms with van der Waals surface area (Å²) >= 11 is 1.33. The van der Waals surface area contributed by atoms with Crippen LogP contribution in [0.15, 0.2) is 66.2 Å². The average Bonchev–Trinajstić information content (AvgIpc) is 3.52. The summed E-state index contributed by atoms with van der Waals surface area (Å²) in [6.45, 7) is 1.26. The number of anilines is 1. The number of thiophene rings is 1. The Labute approximate surface area is 195 Å². The first-order valence-corrected chi connectivity index (χ1v) is 11.4. The minimum atomic E-state index is -0.296. The Morgan fingerprint density at radius 2 is 1.76 bits per heavy atom. The van der Waals surface area contributed by atoms with Gasteiger partial charge in [0.2, 0.25) is 0 Å². The maximum atomic E-state index is 13.0. The number of ether oxygens (including phenoxy) is 2. The molecule has 0 radical (unpaired) electrons. The summed E-state index contributed by atoms with van der Waals surface area (Å²) in [4.78, 5) is 26.2. The number of aryl methyl sites for hydroxylation is 1. The second-order valence-corrected chi connectivity index (χ2v) is 8.31. The molecule has 4 rings (SSSR count). The summed E-state index contributed by atoms with van der Waals surface area (Å²) in [7, 11) is 3.01. The van der Waals surface area contributed by atoms with Crippen molar-refractivity contribution in [2.24, 2.45) is 0 Å². The van der Waals surface area contributed by atoms with Gasteiger partial charge in [0, 0.05) is 30.9 Å². The average molecular weight is 464 g/mol. The number of para-hydroxylation sites is 1. The fraction of sp³-hybridized carbons (Fsp3) is 0.200. The third-order valence-corrected chi connectivity index (χ3v) is 6.17. The van der Waals surface area contributed by atoms with Gasteiger partial charge in [-0.25, -0.2) is 0 Å². The van der Waals surface area contributed by atoms with Crippen LogP contribution in [0.4, 0.5) is 5.69 Å². The van der Waals surface area contributed by atoms with Gasteiger partial charge >= 0.3 is 0 Å². The molecule has 0 unspecified atom stereocenters. The lowest BCUT2D eigenvalue weighted by molar-refractivity contribution is 0.0953. The molecule has 0 aliphatic heterocycles. The van der Waals surface area contributed by atoms with Gasteiger partial charge in [-0.2, -0.15) is 0 Å². The van der Waals surface area contributed by atoms with Crippen LogP contribution in [0.5, 0.6) is 11.5 Å². The van der Waals surface area contributed by atoms with Gasteiger partial charge in [0.05, 0.1) is 30.3 Å². The molecule has 2 heterocycles. The van der Waals surface area contributed by atoms with Crippen molar-refractivity contribution in [1.82, 2.24) is 9.88 Å². The summed E-state index contributed by atoms with van der Waals surface area (Å²) in [5.41, 5.74) is 1.84. The fourth-order valence-electron chi connectivity index (χ4n) is 3.64. The third kappa shape index (κ3) is 5.01. The highest BCUT2D eigenvalue weighted by molar-refractivity contribution is 7.12. The van der Waals surface area contributed by atoms with Crippen LogP contribution in [0.1, 0.15) is 26.5 Å². The van der Waals surface area contributed by atoms with E-state index in [0.717, 1.165) is 13.0 Å². The maximum Gasteiger partial charge on any atom is 0.265 e. The molecular formula is C25H25N3O4S. The quantitative estimate of drug-likeness (QED) is 0.350. The van der Waals surface area contributed by atoms with E-state index >= 15 is 0 Å². The predicted molar refractivity (Wildman–Crippen MR) is 131 cm³/mol. The molecule has 0 saturated heterocycles. The Bertz CT molecular complexity index is 1260. The van der Waals surface area contributed by atoms with Crippen LogP contribution < -0.4 is 20.1 Å². The Balaban J connectivity index is 1.46. The van der Waals surface area contributed by atoms with Gasteiger partial charge in [0.15, 0.2) is 11.5 Å². The topological polar surface area (TPSA) is 81.6 Å². The standard InChI is InChI=1S/C25H25N3O4S/c1-31-21-15-18(19(16-22(21)32-2)27-25(30)23-9-5-14-33-23)24(29)26-11-6-12-28-13-10-17-7-3-4-8-20(17)28/h3-5,7-10,13-16H,6,11-12H2,1-2H3,(H,26,29)(H,27,30). The zero-order valence-corrected chi connectivity index (χ0v) is 19.3. The van der Waals surface area contributed by atoms with Gasteiger partial charge < -0.3 is 24.7 Å². The zero-order chi connectivity index (χ0) is 23.2. The number of nitrogens with one attached hydrogen (secondary N) is 2. The van der Waals surface area contributed by atoms with Gasteiger partial charge in [-0.15, -0.1) is 11.3 Å². The summed E-state index contributed by atoms with van der Waals surface area (Å²) in [5.74, 6) is 0.256. The molecule has 2 aromatic heterocycles. The predicted octanol–water partition coefficient (Wildman–Crippen LogP) is 4.79. The first-order chi connectivity index (χ1) is 16.1. The molecule has 0 aliphatic rings. The lowest BCUT2D eigenvalue weighted by Crippen LogP contribution is -2.27. The third-order valence-electron chi connectivity index (χ3n) is 5.30. The highest BCUT2D eigenvalue weighted by Crippen LogP contribution is 2.33. The van der Waals surface area contributed by atoms with Gasteiger partial charge in [-0.1, -0.05) is 24.3 Å². The number of methoxy groups -OCH3 is 2. The molecule has 0 spiro atoms. The van der Waals surface area contributed by atoms with Crippen LogP contribution >= 0.6 is 11.3 Å². The van der Waals surface area contributed by atoms with Gasteiger partial charge in [-0.05, 0) is 41.5 Å². The summed E-state index contributed by atoms with van der Waals surface area (Å²) < 4.78 is 12.9. The summed E-state index contributed by atoms with van der Waals surface area (Å²) in [5, 5.41) is 8.79. The van der Waals surface area contributed by atoms with E-state index in [1.54, 1.807) is 24.3 Å². The van der Waals surface area contributed by atoms with Crippen molar-refractivity contribution in [3.63, 3.8) is 0 Å². The Morgan fingerprint density at radius 3 is 2.52 bits per heavy atom. The van der Waals surface area contributed by atoms with Crippen molar-refractivity contribution >= 4 is 39.7 Å². The molecule has 0 aliphatic carbocycles. The van der Waals surface area contributed by atoms with Crippen molar-refractivity contribution in [2.75, 3.05) is 26.1 Å². The van der Waals surface area contributed by atoms with Crippen molar-refractivity contribution < 1.29 is 19.1 Å². The molecule has 7 nitrogen and oxygen atoms in total. The molecule has 2 amide bonds. The number of amides is 2. The van der Waals surface area contributed by atoms with Crippen molar-refractivity contribution in [3.8, 4) is 11.5 Å². The molecule has 0 bridgehead atoms. The Morgan fingerprint density at radius 1 is 0.970 bits per heavy atom. The van der Waals surface area contributed by atoms with E-state index in [4.69, 9.17) is 9.47 Å². The summed E-state index contributed by atoms with van der Waals surface area (Å²) in [6.07, 6.45) is 2.81. The number of rotatable bonds is 9. The van der Waals surface area contributed by atoms with E-state index in [9.17, 15) is 9.59 Å². The largest absolute Gasteiger partial charge is 0.493 e. The van der Waals surface area contributed by atoms with E-state index in [1.807, 2.05) is 17.5 Å². The van der Waals surface area contributed by atoms with E-state index in [-0.39, 0.29) is 11.8 Å². The van der Waals surface area contributed by atoms with Crippen LogP contribution in [-0.2, 0) is 6.54 Å². The van der Waals surface area contributed by atoms with Crippen molar-refractivity contribution in [3.05, 3.63) is 76.6 Å². The van der Waals surface area contributed by atoms with Gasteiger partial charge in [0.1, 0.15) is 0 Å². The lowest BCUT2D eigenvalue weighted by atomic mass is 10.1. The second-order valence-electron chi connectivity index (χ2n) is 7.36. The van der Waals surface area contributed by atoms with Gasteiger partial charge in [-0.3, -0.25) is 9.59 Å². The Kier molecular flexibility index (Phi) is 6.95. The molecule has 170 valence electrons. The first kappa shape index (κ1) is 22.4. The number of hydrogen-bond donors (Lipinski definition) is 2. The van der Waals surface area contributed by atoms with Crippen molar-refractivity contribution in [2.45, 2.75) is 13.0 Å². The molecule has 2 aromatic carbocycles. The molecule has 33 heavy (non-hydrogen) atoms. The normalized spacial score (nSPS) is 10.7. The van der Waals surface area contributed by atoms with Crippen LogP contribution in [0.3, 0.4) is 0 Å². The van der Waals surface area contributed by atoms with E-state index < -0.39 is 0 Å². The first-order valence-electron chi connectivity index (χ1n) is 10.5. The number of fused-ring (bicyclic) bond motifs is 1. The molecule has 0 atom stereocenters. The molecule has 4 aromatic rings. The second kappa shape index (κ2) is 10.2. The molecule has 0 fully saturated rings. The van der Waals surface area contributed by atoms with Gasteiger partial charge in [0.25, 0.3) is 11.8 Å². The molecule has 2 N–H and O–H groups in total. The summed E-state index contributed by atoms with van der Waals surface area (Å²) in [6, 6.07) is 17.0. The number of hydrogen-bond acceptors (Lipinski definition) is 5. The smallest absolute Gasteiger partial charge is 0.265 e. The lowest BCUT2D eigenvalue weighted by Gasteiger charge is -2.15. The van der Waals surface area contributed by atoms with E-state index in [0.29, 0.717) is 34.2 Å². The van der Waals surface area contributed by atoms with Crippen LogP contribution in [0.25, 0.3) is 10.9 Å². The maximum absolute atomic E-state index is 13.0. The van der Waals surface area contributed by atoms with E-state index in [1.165, 1.54) is 36.5 Å². The minimum Gasteiger partial charge on any atom is -0.493 e. The number of carbonyl (C=O) groups is 2. The zero-order valence-electron chi connectivity index (χ0n) is 18.5. The Hall–Kier alpha value is -3.78. The number of nitrogens with zero attached hydrogens (tertiary/aromatic N) is 1. The minimum absolute atomic E-state index is 0.286.